The van der Waals surface area contributed by atoms with Gasteiger partial charge < -0.3 is 0 Å². The molecule has 0 radical (unpaired) electrons. The van der Waals surface area contributed by atoms with Gasteiger partial charge in [-0.1, -0.05) is 61.5 Å². The molecular weight excluding hydrogens is 390 g/mol. The summed E-state index contributed by atoms with van der Waals surface area (Å²) in [5.41, 5.74) is 3.56. The fraction of sp³-hybridized carbons (Fsp3) is 0.519. The van der Waals surface area contributed by atoms with E-state index in [9.17, 15) is 8.78 Å². The summed E-state index contributed by atoms with van der Waals surface area (Å²) in [5.74, 6) is -0.255. The fourth-order valence-corrected chi connectivity index (χ4v) is 4.28. The Hall–Kier alpha value is -2.25. The Kier molecular flexibility index (Phi) is 10.1. The monoisotopic (exact) mass is 426 g/mol. The predicted molar refractivity (Wildman–Crippen MR) is 124 cm³/mol. The maximum atomic E-state index is 13.6. The maximum absolute atomic E-state index is 13.6. The summed E-state index contributed by atoms with van der Waals surface area (Å²) in [6.45, 7) is 9.20. The molecule has 4 atom stereocenters. The largest absolute Gasteiger partial charge is 0.294 e. The molecule has 3 rings (SSSR count). The molecule has 1 aliphatic rings. The normalized spacial score (nSPS) is 21.1. The molecule has 0 amide bonds. The first-order valence-electron chi connectivity index (χ1n) is 11.4. The molecule has 4 heteroatoms. The van der Waals surface area contributed by atoms with Crippen molar-refractivity contribution < 1.29 is 8.78 Å². The summed E-state index contributed by atoms with van der Waals surface area (Å²) >= 11 is 0. The minimum Gasteiger partial charge on any atom is -0.294 e. The van der Waals surface area contributed by atoms with Crippen molar-refractivity contribution in [3.05, 3.63) is 71.3 Å². The lowest BCUT2D eigenvalue weighted by molar-refractivity contribution is 0.0428. The molecule has 0 heterocycles. The summed E-state index contributed by atoms with van der Waals surface area (Å²) < 4.78 is 26.7. The summed E-state index contributed by atoms with van der Waals surface area (Å²) in [6, 6.07) is 21.6. The molecule has 2 nitrogen and oxygen atoms in total. The third kappa shape index (κ3) is 7.14. The van der Waals surface area contributed by atoms with Crippen molar-refractivity contribution in [1.29, 1.82) is 5.26 Å². The van der Waals surface area contributed by atoms with Gasteiger partial charge in [0.25, 0.3) is 0 Å². The Bertz CT molecular complexity index is 798. The van der Waals surface area contributed by atoms with Crippen molar-refractivity contribution in [2.45, 2.75) is 90.3 Å². The third-order valence-corrected chi connectivity index (χ3v) is 6.19. The molecule has 0 saturated heterocycles. The first-order valence-corrected chi connectivity index (χ1v) is 11.4. The molecule has 0 bridgehead atoms. The van der Waals surface area contributed by atoms with Crippen LogP contribution in [0.25, 0.3) is 0 Å². The van der Waals surface area contributed by atoms with Gasteiger partial charge in [-0.05, 0) is 56.2 Å². The Morgan fingerprint density at radius 3 is 2.13 bits per heavy atom. The number of hydrogen-bond acceptors (Lipinski definition) is 2. The number of benzene rings is 2. The van der Waals surface area contributed by atoms with E-state index in [2.05, 4.69) is 68.1 Å². The molecule has 0 aromatic heterocycles. The van der Waals surface area contributed by atoms with E-state index in [1.165, 1.54) is 18.1 Å². The first kappa shape index (κ1) is 25.0. The van der Waals surface area contributed by atoms with Crippen LogP contribution in [0.4, 0.5) is 8.78 Å². The lowest BCUT2D eigenvalue weighted by Crippen LogP contribution is -2.40. The van der Waals surface area contributed by atoms with Gasteiger partial charge in [0.05, 0.1) is 6.07 Å². The zero-order valence-corrected chi connectivity index (χ0v) is 19.3. The van der Waals surface area contributed by atoms with E-state index < -0.39 is 12.3 Å². The molecule has 31 heavy (non-hydrogen) atoms. The molecule has 0 N–H and O–H groups in total. The Labute approximate surface area is 186 Å². The second-order valence-electron chi connectivity index (χ2n) is 8.62. The highest BCUT2D eigenvalue weighted by atomic mass is 19.2. The van der Waals surface area contributed by atoms with E-state index in [0.717, 1.165) is 31.4 Å². The first-order chi connectivity index (χ1) is 14.9. The van der Waals surface area contributed by atoms with Crippen LogP contribution in [0.2, 0.25) is 0 Å². The van der Waals surface area contributed by atoms with Crippen LogP contribution in [0.1, 0.15) is 69.6 Å². The molecule has 0 spiro atoms. The van der Waals surface area contributed by atoms with Crippen LogP contribution in [0, 0.1) is 11.3 Å². The van der Waals surface area contributed by atoms with E-state index in [1.54, 1.807) is 6.07 Å². The number of aryl methyl sites for hydroxylation is 1. The van der Waals surface area contributed by atoms with E-state index in [4.69, 9.17) is 5.26 Å². The lowest BCUT2D eigenvalue weighted by atomic mass is 9.76. The standard InChI is InChI=1S/C25H33F2N.C2H3N/c1-4-22(28(18(2)3)17-20-8-6-5-7-9-20)15-12-19-10-13-21(14-11-19)23-16-24(26)25(23)27;1-2-3/h5-11,13-14,18,22-25H,4,12,15-17H2,1-3H3;1H3. The highest BCUT2D eigenvalue weighted by molar-refractivity contribution is 5.29. The molecule has 168 valence electrons. The van der Waals surface area contributed by atoms with Gasteiger partial charge in [-0.2, -0.15) is 5.26 Å². The zero-order chi connectivity index (χ0) is 22.8. The van der Waals surface area contributed by atoms with Crippen LogP contribution in [-0.4, -0.2) is 29.3 Å². The summed E-state index contributed by atoms with van der Waals surface area (Å²) in [7, 11) is 0. The van der Waals surface area contributed by atoms with Crippen molar-refractivity contribution in [2.75, 3.05) is 0 Å². The van der Waals surface area contributed by atoms with Crippen LogP contribution in [0.3, 0.4) is 0 Å². The Morgan fingerprint density at radius 2 is 1.65 bits per heavy atom. The number of alkyl halides is 2. The van der Waals surface area contributed by atoms with Gasteiger partial charge >= 0.3 is 0 Å². The van der Waals surface area contributed by atoms with Crippen LogP contribution in [-0.2, 0) is 13.0 Å². The number of hydrogen-bond donors (Lipinski definition) is 0. The predicted octanol–water partition coefficient (Wildman–Crippen LogP) is 7.00. The minimum atomic E-state index is -1.33. The average Bonchev–Trinajstić information content (AvgIpc) is 2.78. The molecule has 1 saturated carbocycles. The zero-order valence-electron chi connectivity index (χ0n) is 19.3. The van der Waals surface area contributed by atoms with Crippen molar-refractivity contribution >= 4 is 0 Å². The summed E-state index contributed by atoms with van der Waals surface area (Å²) in [4.78, 5) is 2.59. The number of halogens is 2. The van der Waals surface area contributed by atoms with Gasteiger partial charge in [0.1, 0.15) is 12.3 Å². The highest BCUT2D eigenvalue weighted by Gasteiger charge is 2.42. The maximum Gasteiger partial charge on any atom is 0.138 e. The molecular formula is C27H36F2N2. The average molecular weight is 427 g/mol. The Morgan fingerprint density at radius 1 is 1.03 bits per heavy atom. The number of nitrogens with zero attached hydrogens (tertiary/aromatic N) is 2. The van der Waals surface area contributed by atoms with Crippen LogP contribution < -0.4 is 0 Å². The molecule has 0 aliphatic heterocycles. The van der Waals surface area contributed by atoms with Gasteiger partial charge in [-0.25, -0.2) is 8.78 Å². The minimum absolute atomic E-state index is 0.255. The molecule has 1 aliphatic carbocycles. The van der Waals surface area contributed by atoms with Crippen LogP contribution in [0.5, 0.6) is 0 Å². The van der Waals surface area contributed by atoms with E-state index >= 15 is 0 Å². The van der Waals surface area contributed by atoms with Gasteiger partial charge in [-0.15, -0.1) is 0 Å². The van der Waals surface area contributed by atoms with Gasteiger partial charge in [-0.3, -0.25) is 4.90 Å². The molecule has 4 unspecified atom stereocenters. The topological polar surface area (TPSA) is 27.0 Å². The van der Waals surface area contributed by atoms with Gasteiger partial charge in [0, 0.05) is 31.5 Å². The second-order valence-corrected chi connectivity index (χ2v) is 8.62. The second kappa shape index (κ2) is 12.6. The van der Waals surface area contributed by atoms with Crippen LogP contribution in [0.15, 0.2) is 54.6 Å². The molecule has 2 aromatic rings. The van der Waals surface area contributed by atoms with E-state index in [0.29, 0.717) is 18.5 Å². The fourth-order valence-electron chi connectivity index (χ4n) is 4.28. The molecule has 2 aromatic carbocycles. The SMILES string of the molecule is CC#N.CCC(CCc1ccc(C2CC(F)C2F)cc1)N(Cc1ccccc1)C(C)C. The smallest absolute Gasteiger partial charge is 0.138 e. The Balaban J connectivity index is 0.00000107. The van der Waals surface area contributed by atoms with Crippen LogP contribution >= 0.6 is 0 Å². The summed E-state index contributed by atoms with van der Waals surface area (Å²) in [5, 5.41) is 7.32. The van der Waals surface area contributed by atoms with Crippen molar-refractivity contribution in [1.82, 2.24) is 4.90 Å². The highest BCUT2D eigenvalue weighted by Crippen LogP contribution is 2.41. The number of rotatable bonds is 9. The third-order valence-electron chi connectivity index (χ3n) is 6.19. The van der Waals surface area contributed by atoms with E-state index in [-0.39, 0.29) is 5.92 Å². The van der Waals surface area contributed by atoms with Crippen molar-refractivity contribution in [3.63, 3.8) is 0 Å². The van der Waals surface area contributed by atoms with Gasteiger partial charge in [0.2, 0.25) is 0 Å². The van der Waals surface area contributed by atoms with Gasteiger partial charge in [0.15, 0.2) is 0 Å². The van der Waals surface area contributed by atoms with E-state index in [1.807, 2.05) is 12.1 Å². The lowest BCUT2D eigenvalue weighted by Gasteiger charge is -2.35. The number of nitriles is 1. The summed E-state index contributed by atoms with van der Waals surface area (Å²) in [6.07, 6.45) is 0.942. The molecule has 1 fully saturated rings. The quantitative estimate of drug-likeness (QED) is 0.431. The van der Waals surface area contributed by atoms with Crippen molar-refractivity contribution in [3.8, 4) is 6.07 Å². The van der Waals surface area contributed by atoms with Crippen molar-refractivity contribution in [2.24, 2.45) is 0 Å².